The van der Waals surface area contributed by atoms with Crippen LogP contribution in [-0.2, 0) is 16.1 Å². The number of carboxylic acid groups (broad SMARTS) is 2. The van der Waals surface area contributed by atoms with E-state index in [1.54, 1.807) is 6.20 Å². The van der Waals surface area contributed by atoms with Gasteiger partial charge in [-0.3, -0.25) is 4.79 Å². The van der Waals surface area contributed by atoms with Crippen LogP contribution in [0.2, 0.25) is 0 Å². The molecule has 0 unspecified atom stereocenters. The molecule has 3 N–H and O–H groups in total. The molecule has 1 aliphatic heterocycles. The Hall–Kier alpha value is -3.83. The van der Waals surface area contributed by atoms with Crippen molar-refractivity contribution in [1.82, 2.24) is 24.5 Å². The van der Waals surface area contributed by atoms with Crippen LogP contribution in [0.1, 0.15) is 70.4 Å². The number of unbranched alkanes of at least 4 members (excludes halogenated alkanes) is 2. The molecule has 0 spiro atoms. The van der Waals surface area contributed by atoms with E-state index in [0.29, 0.717) is 41.8 Å². The van der Waals surface area contributed by atoms with Crippen molar-refractivity contribution < 1.29 is 24.2 Å². The molecule has 3 aromatic rings. The fraction of sp³-hybridized carbons (Fsp3) is 0.600. The maximum Gasteiger partial charge on any atom is 0.326 e. The Morgan fingerprint density at radius 2 is 1.81 bits per heavy atom. The lowest BCUT2D eigenvalue weighted by atomic mass is 9.61. The first-order valence-corrected chi connectivity index (χ1v) is 15.2. The van der Waals surface area contributed by atoms with Crippen LogP contribution in [0.15, 0.2) is 12.4 Å². The number of aromatic nitrogens is 5. The summed E-state index contributed by atoms with van der Waals surface area (Å²) in [6.07, 6.45) is 11.1. The number of fused-ring (bicyclic) bond motifs is 4. The summed E-state index contributed by atoms with van der Waals surface area (Å²) >= 11 is 0. The molecule has 3 saturated carbocycles. The highest BCUT2D eigenvalue weighted by Gasteiger charge is 2.48. The average Bonchev–Trinajstić information content (AvgIpc) is 3.60. The number of rotatable bonds is 10. The first-order chi connectivity index (χ1) is 20.3. The van der Waals surface area contributed by atoms with Crippen molar-refractivity contribution in [2.75, 3.05) is 16.8 Å². The van der Waals surface area contributed by atoms with Gasteiger partial charge in [-0.2, -0.15) is 4.39 Å². The Labute approximate surface area is 243 Å². The third-order valence-electron chi connectivity index (χ3n) is 9.38. The smallest absolute Gasteiger partial charge is 0.326 e. The molecule has 3 atom stereocenters. The van der Waals surface area contributed by atoms with E-state index in [4.69, 9.17) is 4.98 Å². The largest absolute Gasteiger partial charge is 0.481 e. The van der Waals surface area contributed by atoms with Crippen LogP contribution in [-0.4, -0.2) is 65.3 Å². The summed E-state index contributed by atoms with van der Waals surface area (Å²) in [7, 11) is 0. The standard InChI is InChI=1S/C30H38FN7O4/c1-3-4-5-12-37-15-19(24-28(37)32-14-16(2)33-24)25-35-26(22(31)27(36-25)38-13-6-7-20(38)29(39)40)34-23-18-10-8-17(9-11-18)21(23)30(41)42/h14-15,17-18,20-21,23H,3-13H2,1-2H3,(H,39,40)(H,41,42)(H,34,35,36)/t17?,18?,20-,21-,23-/m0/s1. The lowest BCUT2D eigenvalue weighted by molar-refractivity contribution is -0.148. The number of nitrogens with one attached hydrogen (secondary N) is 1. The van der Waals surface area contributed by atoms with Crippen LogP contribution in [0.4, 0.5) is 16.0 Å². The number of hydrogen-bond acceptors (Lipinski definition) is 8. The van der Waals surface area contributed by atoms with Gasteiger partial charge in [0, 0.05) is 25.3 Å². The Morgan fingerprint density at radius 3 is 2.52 bits per heavy atom. The molecule has 0 amide bonds. The van der Waals surface area contributed by atoms with Gasteiger partial charge in [0.1, 0.15) is 11.6 Å². The predicted molar refractivity (Wildman–Crippen MR) is 155 cm³/mol. The molecule has 3 aromatic heterocycles. The topological polar surface area (TPSA) is 146 Å². The van der Waals surface area contributed by atoms with E-state index in [9.17, 15) is 19.8 Å². The van der Waals surface area contributed by atoms with Gasteiger partial charge >= 0.3 is 11.9 Å². The van der Waals surface area contributed by atoms with Crippen molar-refractivity contribution in [3.05, 3.63) is 23.9 Å². The molecule has 3 aliphatic carbocycles. The predicted octanol–water partition coefficient (Wildman–Crippen LogP) is 4.88. The van der Waals surface area contributed by atoms with Crippen LogP contribution >= 0.6 is 0 Å². The molecule has 0 radical (unpaired) electrons. The van der Waals surface area contributed by atoms with E-state index < -0.39 is 35.8 Å². The number of anilines is 2. The van der Waals surface area contributed by atoms with Crippen molar-refractivity contribution in [2.24, 2.45) is 17.8 Å². The summed E-state index contributed by atoms with van der Waals surface area (Å²) in [5.74, 6) is -3.19. The van der Waals surface area contributed by atoms with Crippen LogP contribution in [0, 0.1) is 30.5 Å². The van der Waals surface area contributed by atoms with Gasteiger partial charge in [0.15, 0.2) is 23.1 Å². The second-order valence-corrected chi connectivity index (χ2v) is 12.1. The van der Waals surface area contributed by atoms with Crippen LogP contribution in [0.25, 0.3) is 22.6 Å². The molecular weight excluding hydrogens is 541 g/mol. The molecule has 42 heavy (non-hydrogen) atoms. The minimum atomic E-state index is -1.04. The summed E-state index contributed by atoms with van der Waals surface area (Å²) in [4.78, 5) is 44.6. The lowest BCUT2D eigenvalue weighted by Crippen LogP contribution is -2.51. The van der Waals surface area contributed by atoms with Gasteiger partial charge in [0.2, 0.25) is 5.82 Å². The lowest BCUT2D eigenvalue weighted by Gasteiger charge is -2.47. The minimum absolute atomic E-state index is 0.0307. The zero-order chi connectivity index (χ0) is 29.5. The Morgan fingerprint density at radius 1 is 1.05 bits per heavy atom. The summed E-state index contributed by atoms with van der Waals surface area (Å²) in [6.45, 7) is 5.05. The number of aryl methyl sites for hydroxylation is 2. The van der Waals surface area contributed by atoms with E-state index in [0.717, 1.165) is 51.5 Å². The zero-order valence-corrected chi connectivity index (χ0v) is 24.1. The fourth-order valence-electron chi connectivity index (χ4n) is 7.30. The zero-order valence-electron chi connectivity index (χ0n) is 24.1. The number of aliphatic carboxylic acids is 2. The quantitative estimate of drug-likeness (QED) is 0.284. The van der Waals surface area contributed by atoms with Gasteiger partial charge in [0.05, 0.1) is 23.4 Å². The number of nitrogens with zero attached hydrogens (tertiary/aromatic N) is 6. The van der Waals surface area contributed by atoms with Crippen molar-refractivity contribution in [2.45, 2.75) is 90.3 Å². The number of carbonyl (C=O) groups is 2. The maximum absolute atomic E-state index is 16.4. The van der Waals surface area contributed by atoms with Crippen LogP contribution in [0.5, 0.6) is 0 Å². The van der Waals surface area contributed by atoms with Crippen LogP contribution in [0.3, 0.4) is 0 Å². The molecule has 4 aliphatic rings. The second-order valence-electron chi connectivity index (χ2n) is 12.1. The first-order valence-electron chi connectivity index (χ1n) is 15.2. The van der Waals surface area contributed by atoms with Gasteiger partial charge < -0.3 is 25.0 Å². The third kappa shape index (κ3) is 5.05. The van der Waals surface area contributed by atoms with E-state index in [1.165, 1.54) is 4.90 Å². The monoisotopic (exact) mass is 579 g/mol. The highest BCUT2D eigenvalue weighted by atomic mass is 19.1. The van der Waals surface area contributed by atoms with Crippen molar-refractivity contribution in [1.29, 1.82) is 0 Å². The van der Waals surface area contributed by atoms with Crippen molar-refractivity contribution in [3.63, 3.8) is 0 Å². The van der Waals surface area contributed by atoms with Gasteiger partial charge in [-0.1, -0.05) is 19.8 Å². The minimum Gasteiger partial charge on any atom is -0.481 e. The normalized spacial score (nSPS) is 25.3. The fourth-order valence-corrected chi connectivity index (χ4v) is 7.30. The molecule has 4 fully saturated rings. The Kier molecular flexibility index (Phi) is 7.71. The van der Waals surface area contributed by atoms with Crippen molar-refractivity contribution >= 4 is 34.7 Å². The molecule has 4 heterocycles. The molecule has 12 heteroatoms. The van der Waals surface area contributed by atoms with Crippen molar-refractivity contribution in [3.8, 4) is 11.4 Å². The third-order valence-corrected chi connectivity index (χ3v) is 9.38. The van der Waals surface area contributed by atoms with Gasteiger partial charge in [-0.05, 0) is 63.7 Å². The molecule has 1 saturated heterocycles. The molecule has 2 bridgehead atoms. The highest BCUT2D eigenvalue weighted by Crippen LogP contribution is 2.47. The average molecular weight is 580 g/mol. The van der Waals surface area contributed by atoms with E-state index >= 15 is 4.39 Å². The molecule has 224 valence electrons. The second kappa shape index (κ2) is 11.4. The van der Waals surface area contributed by atoms with E-state index in [1.807, 2.05) is 17.7 Å². The Balaban J connectivity index is 1.49. The highest BCUT2D eigenvalue weighted by molar-refractivity contribution is 5.89. The summed E-state index contributed by atoms with van der Waals surface area (Å²) in [5, 5.41) is 23.2. The molecular formula is C30H38FN7O4. The summed E-state index contributed by atoms with van der Waals surface area (Å²) in [6, 6.07) is -1.39. The first kappa shape index (κ1) is 28.3. The molecule has 7 rings (SSSR count). The SMILES string of the molecule is CCCCCn1cc(-c2nc(N[C@H]3C4CCC(CC4)[C@@H]3C(=O)O)c(F)c(N3CCC[C@H]3C(=O)O)n2)c2nc(C)cnc21. The van der Waals surface area contributed by atoms with E-state index in [-0.39, 0.29) is 29.3 Å². The van der Waals surface area contributed by atoms with Gasteiger partial charge in [0.25, 0.3) is 0 Å². The van der Waals surface area contributed by atoms with Gasteiger partial charge in [-0.15, -0.1) is 0 Å². The number of halogens is 1. The molecule has 11 nitrogen and oxygen atoms in total. The number of hydrogen-bond donors (Lipinski definition) is 3. The Bertz CT molecular complexity index is 1500. The summed E-state index contributed by atoms with van der Waals surface area (Å²) < 4.78 is 18.4. The van der Waals surface area contributed by atoms with Crippen LogP contribution < -0.4 is 10.2 Å². The summed E-state index contributed by atoms with van der Waals surface area (Å²) in [5.41, 5.74) is 2.55. The van der Waals surface area contributed by atoms with E-state index in [2.05, 4.69) is 27.2 Å². The molecule has 0 aromatic carbocycles. The maximum atomic E-state index is 16.4. The number of carboxylic acids is 2. The van der Waals surface area contributed by atoms with Gasteiger partial charge in [-0.25, -0.2) is 24.7 Å².